The minimum atomic E-state index is -4.62. The first-order chi connectivity index (χ1) is 16.2. The van der Waals surface area contributed by atoms with E-state index >= 15 is 0 Å². The lowest BCUT2D eigenvalue weighted by atomic mass is 10.1. The van der Waals surface area contributed by atoms with Crippen molar-refractivity contribution in [2.24, 2.45) is 4.99 Å². The molecule has 2 aromatic carbocycles. The number of carbonyl (C=O) groups excluding carboxylic acids is 2. The van der Waals surface area contributed by atoms with Crippen molar-refractivity contribution < 1.29 is 37.0 Å². The largest absolute Gasteiger partial charge is 0.416 e. The van der Waals surface area contributed by atoms with Gasteiger partial charge < -0.3 is 24.3 Å². The predicted molar refractivity (Wildman–Crippen MR) is 112 cm³/mol. The van der Waals surface area contributed by atoms with Gasteiger partial charge in [0.05, 0.1) is 28.9 Å². The summed E-state index contributed by atoms with van der Waals surface area (Å²) >= 11 is 0. The summed E-state index contributed by atoms with van der Waals surface area (Å²) in [7, 11) is 0. The average molecular weight is 480 g/mol. The van der Waals surface area contributed by atoms with E-state index in [1.165, 1.54) is 27.7 Å². The molecule has 1 saturated heterocycles. The summed E-state index contributed by atoms with van der Waals surface area (Å²) in [5.74, 6) is -2.02. The topological polar surface area (TPSA) is 99.9 Å². The van der Waals surface area contributed by atoms with E-state index in [4.69, 9.17) is 4.74 Å². The van der Waals surface area contributed by atoms with Crippen molar-refractivity contribution in [2.75, 3.05) is 31.3 Å². The molecule has 0 atom stereocenters. The molecule has 2 amide bonds. The van der Waals surface area contributed by atoms with Crippen LogP contribution in [0.2, 0.25) is 0 Å². The molecule has 8 nitrogen and oxygen atoms in total. The maximum absolute atomic E-state index is 15.0. The van der Waals surface area contributed by atoms with E-state index < -0.39 is 29.4 Å². The van der Waals surface area contributed by atoms with Gasteiger partial charge in [-0.3, -0.25) is 9.59 Å². The monoisotopic (exact) mass is 480 g/mol. The Morgan fingerprint density at radius 2 is 2.03 bits per heavy atom. The number of aromatic amines is 1. The molecule has 1 fully saturated rings. The number of aliphatic hydroxyl groups excluding tert-OH is 1. The van der Waals surface area contributed by atoms with Crippen LogP contribution in [0.1, 0.15) is 22.3 Å². The van der Waals surface area contributed by atoms with Crippen molar-refractivity contribution in [1.29, 1.82) is 0 Å². The fourth-order valence-corrected chi connectivity index (χ4v) is 3.69. The molecule has 1 aliphatic heterocycles. The number of nitrogens with one attached hydrogen (secondary N) is 1. The van der Waals surface area contributed by atoms with Gasteiger partial charge in [0, 0.05) is 31.3 Å². The predicted octanol–water partition coefficient (Wildman–Crippen LogP) is 2.61. The normalized spacial score (nSPS) is 15.4. The number of fused-ring (bicyclic) bond motifs is 1. The van der Waals surface area contributed by atoms with Crippen LogP contribution < -0.4 is 10.5 Å². The molecule has 180 valence electrons. The number of benzene rings is 2. The van der Waals surface area contributed by atoms with Crippen LogP contribution in [0, 0.1) is 5.82 Å². The Morgan fingerprint density at radius 1 is 1.24 bits per heavy atom. The van der Waals surface area contributed by atoms with Crippen LogP contribution >= 0.6 is 0 Å². The quantitative estimate of drug-likeness (QED) is 0.549. The molecule has 2 heterocycles. The SMILES string of the molecule is O=C(/N=c1\[nH]c2cc(N3CCOCC3=O)c(F)cc2n1CCCO)c1cccc(C(F)(F)F)c1. The minimum absolute atomic E-state index is 0.0205. The van der Waals surface area contributed by atoms with Crippen LogP contribution in [0.5, 0.6) is 0 Å². The van der Waals surface area contributed by atoms with E-state index in [1.54, 1.807) is 0 Å². The van der Waals surface area contributed by atoms with Crippen LogP contribution in [-0.4, -0.2) is 52.8 Å². The Morgan fingerprint density at radius 3 is 2.74 bits per heavy atom. The van der Waals surface area contributed by atoms with Gasteiger partial charge >= 0.3 is 6.18 Å². The molecule has 34 heavy (non-hydrogen) atoms. The number of aryl methyl sites for hydroxylation is 1. The summed E-state index contributed by atoms with van der Waals surface area (Å²) in [5.41, 5.74) is -0.605. The van der Waals surface area contributed by atoms with E-state index in [2.05, 4.69) is 9.98 Å². The summed E-state index contributed by atoms with van der Waals surface area (Å²) in [6.07, 6.45) is -4.37. The summed E-state index contributed by atoms with van der Waals surface area (Å²) < 4.78 is 60.5. The molecule has 3 aromatic rings. The maximum atomic E-state index is 15.0. The lowest BCUT2D eigenvalue weighted by molar-refractivity contribution is -0.137. The summed E-state index contributed by atoms with van der Waals surface area (Å²) in [5, 5.41) is 9.24. The molecule has 0 spiro atoms. The van der Waals surface area contributed by atoms with E-state index in [-0.39, 0.29) is 56.2 Å². The number of morpholine rings is 1. The van der Waals surface area contributed by atoms with Gasteiger partial charge in [0.25, 0.3) is 11.8 Å². The zero-order valence-corrected chi connectivity index (χ0v) is 17.7. The summed E-state index contributed by atoms with van der Waals surface area (Å²) in [4.78, 5) is 32.9. The summed E-state index contributed by atoms with van der Waals surface area (Å²) in [6, 6.07) is 6.44. The van der Waals surface area contributed by atoms with Gasteiger partial charge in [-0.1, -0.05) is 6.07 Å². The fraction of sp³-hybridized carbons (Fsp3) is 0.318. The standard InChI is InChI=1S/C22H20F4N4O4/c23-15-10-18-16(11-17(15)29-6-8-34-12-19(29)32)27-21(30(18)5-2-7-31)28-20(33)13-3-1-4-14(9-13)22(24,25)26/h1,3-4,9-11,31H,2,5-8,12H2,(H,27,28,33). The number of anilines is 1. The lowest BCUT2D eigenvalue weighted by Crippen LogP contribution is -2.42. The molecule has 4 rings (SSSR count). The van der Waals surface area contributed by atoms with Gasteiger partial charge in [0.15, 0.2) is 0 Å². The Bertz CT molecular complexity index is 1310. The first-order valence-corrected chi connectivity index (χ1v) is 10.4. The van der Waals surface area contributed by atoms with Crippen molar-refractivity contribution in [3.63, 3.8) is 0 Å². The third kappa shape index (κ3) is 4.73. The molecular formula is C22H20F4N4O4. The number of ether oxygens (including phenoxy) is 1. The third-order valence-electron chi connectivity index (χ3n) is 5.32. The molecule has 1 aliphatic rings. The lowest BCUT2D eigenvalue weighted by Gasteiger charge is -2.27. The number of imidazole rings is 1. The van der Waals surface area contributed by atoms with Crippen molar-refractivity contribution in [3.8, 4) is 0 Å². The number of aliphatic hydroxyl groups is 1. The molecule has 1 aromatic heterocycles. The number of hydrogen-bond acceptors (Lipinski definition) is 4. The second kappa shape index (κ2) is 9.39. The highest BCUT2D eigenvalue weighted by atomic mass is 19.4. The van der Waals surface area contributed by atoms with Crippen molar-refractivity contribution in [2.45, 2.75) is 19.1 Å². The number of halogens is 4. The number of alkyl halides is 3. The zero-order valence-electron chi connectivity index (χ0n) is 17.7. The second-order valence-corrected chi connectivity index (χ2v) is 7.59. The number of nitrogens with zero attached hydrogens (tertiary/aromatic N) is 3. The molecular weight excluding hydrogens is 460 g/mol. The smallest absolute Gasteiger partial charge is 0.396 e. The number of carbonyl (C=O) groups is 2. The maximum Gasteiger partial charge on any atom is 0.416 e. The van der Waals surface area contributed by atoms with Crippen LogP contribution in [-0.2, 0) is 22.3 Å². The Labute approximate surface area is 190 Å². The number of hydrogen-bond donors (Lipinski definition) is 2. The Kier molecular flexibility index (Phi) is 6.53. The summed E-state index contributed by atoms with van der Waals surface area (Å²) in [6.45, 7) is 0.197. The first-order valence-electron chi connectivity index (χ1n) is 10.4. The molecule has 12 heteroatoms. The molecule has 0 bridgehead atoms. The number of aromatic nitrogens is 2. The number of amides is 2. The van der Waals surface area contributed by atoms with Crippen molar-refractivity contribution in [3.05, 3.63) is 59.0 Å². The van der Waals surface area contributed by atoms with Crippen molar-refractivity contribution >= 4 is 28.5 Å². The first kappa shape index (κ1) is 23.6. The third-order valence-corrected chi connectivity index (χ3v) is 5.32. The van der Waals surface area contributed by atoms with Gasteiger partial charge in [0.1, 0.15) is 12.4 Å². The fourth-order valence-electron chi connectivity index (χ4n) is 3.69. The van der Waals surface area contributed by atoms with E-state index in [9.17, 15) is 32.3 Å². The number of H-pyrrole nitrogens is 1. The molecule has 0 radical (unpaired) electrons. The Hall–Kier alpha value is -3.51. The highest BCUT2D eigenvalue weighted by molar-refractivity contribution is 5.97. The zero-order chi connectivity index (χ0) is 24.5. The van der Waals surface area contributed by atoms with Crippen LogP contribution in [0.25, 0.3) is 11.0 Å². The van der Waals surface area contributed by atoms with E-state index in [0.29, 0.717) is 17.1 Å². The van der Waals surface area contributed by atoms with Crippen LogP contribution in [0.4, 0.5) is 23.2 Å². The second-order valence-electron chi connectivity index (χ2n) is 7.59. The minimum Gasteiger partial charge on any atom is -0.396 e. The average Bonchev–Trinajstić information content (AvgIpc) is 3.12. The van der Waals surface area contributed by atoms with Crippen LogP contribution in [0.3, 0.4) is 0 Å². The molecule has 0 unspecified atom stereocenters. The molecule has 2 N–H and O–H groups in total. The highest BCUT2D eigenvalue weighted by Gasteiger charge is 2.31. The molecule has 0 saturated carbocycles. The van der Waals surface area contributed by atoms with E-state index in [0.717, 1.165) is 12.1 Å². The van der Waals surface area contributed by atoms with Crippen LogP contribution in [0.15, 0.2) is 41.4 Å². The van der Waals surface area contributed by atoms with Gasteiger partial charge in [0.2, 0.25) is 5.62 Å². The van der Waals surface area contributed by atoms with E-state index in [1.807, 2.05) is 0 Å². The van der Waals surface area contributed by atoms with Crippen molar-refractivity contribution in [1.82, 2.24) is 9.55 Å². The van der Waals surface area contributed by atoms with Gasteiger partial charge in [-0.05, 0) is 30.7 Å². The van der Waals surface area contributed by atoms with Gasteiger partial charge in [-0.15, -0.1) is 0 Å². The van der Waals surface area contributed by atoms with Gasteiger partial charge in [-0.2, -0.15) is 18.2 Å². The molecule has 0 aliphatic carbocycles. The highest BCUT2D eigenvalue weighted by Crippen LogP contribution is 2.30. The Balaban J connectivity index is 1.80. The van der Waals surface area contributed by atoms with Gasteiger partial charge in [-0.25, -0.2) is 4.39 Å². The number of rotatable bonds is 5.